The summed E-state index contributed by atoms with van der Waals surface area (Å²) in [6, 6.07) is 6.70. The molecule has 2 heteroatoms. The molecule has 0 aliphatic heterocycles. The molecule has 2 nitrogen and oxygen atoms in total. The fourth-order valence-corrected chi connectivity index (χ4v) is 2.78. The number of carbonyl (C=O) groups is 1. The van der Waals surface area contributed by atoms with Crippen LogP contribution in [0.15, 0.2) is 18.2 Å². The van der Waals surface area contributed by atoms with Gasteiger partial charge in [-0.2, -0.15) is 0 Å². The van der Waals surface area contributed by atoms with Crippen LogP contribution in [0.3, 0.4) is 0 Å². The first kappa shape index (κ1) is 13.1. The predicted octanol–water partition coefficient (Wildman–Crippen LogP) is 3.15. The first-order valence-corrected chi connectivity index (χ1v) is 6.90. The Balaban J connectivity index is 1.92. The van der Waals surface area contributed by atoms with Crippen molar-refractivity contribution < 1.29 is 4.79 Å². The number of hydrogen-bond acceptors (Lipinski definition) is 1. The maximum absolute atomic E-state index is 12.0. The Morgan fingerprint density at radius 2 is 2.11 bits per heavy atom. The fourth-order valence-electron chi connectivity index (χ4n) is 2.78. The zero-order chi connectivity index (χ0) is 13.1. The molecule has 1 aromatic rings. The molecule has 1 saturated carbocycles. The second kappa shape index (κ2) is 5.55. The molecule has 0 heterocycles. The van der Waals surface area contributed by atoms with Gasteiger partial charge in [0.1, 0.15) is 0 Å². The van der Waals surface area contributed by atoms with Gasteiger partial charge in [-0.15, -0.1) is 0 Å². The van der Waals surface area contributed by atoms with E-state index in [1.54, 1.807) is 0 Å². The van der Waals surface area contributed by atoms with Crippen LogP contribution in [-0.4, -0.2) is 11.9 Å². The molecule has 1 aromatic carbocycles. The minimum Gasteiger partial charge on any atom is -0.353 e. The highest BCUT2D eigenvalue weighted by Crippen LogP contribution is 2.24. The Morgan fingerprint density at radius 1 is 1.33 bits per heavy atom. The van der Waals surface area contributed by atoms with E-state index in [2.05, 4.69) is 44.3 Å². The second-order valence-corrected chi connectivity index (χ2v) is 5.79. The summed E-state index contributed by atoms with van der Waals surface area (Å²) in [6.07, 6.45) is 4.03. The molecule has 2 rings (SSSR count). The van der Waals surface area contributed by atoms with Crippen LogP contribution >= 0.6 is 0 Å². The molecule has 0 spiro atoms. The van der Waals surface area contributed by atoms with E-state index in [-0.39, 0.29) is 5.91 Å². The molecule has 1 amide bonds. The van der Waals surface area contributed by atoms with Crippen molar-refractivity contribution in [2.24, 2.45) is 5.92 Å². The van der Waals surface area contributed by atoms with E-state index in [1.807, 2.05) is 0 Å². The molecule has 1 N–H and O–H groups in total. The Labute approximate surface area is 110 Å². The van der Waals surface area contributed by atoms with Crippen LogP contribution < -0.4 is 5.32 Å². The summed E-state index contributed by atoms with van der Waals surface area (Å²) in [5.41, 5.74) is 3.58. The smallest absolute Gasteiger partial charge is 0.224 e. The third kappa shape index (κ3) is 3.34. The van der Waals surface area contributed by atoms with Crippen molar-refractivity contribution in [2.75, 3.05) is 0 Å². The maximum atomic E-state index is 12.0. The van der Waals surface area contributed by atoms with E-state index < -0.39 is 0 Å². The molecule has 0 saturated heterocycles. The van der Waals surface area contributed by atoms with Crippen LogP contribution in [0.1, 0.15) is 42.9 Å². The lowest BCUT2D eigenvalue weighted by molar-refractivity contribution is -0.121. The average Bonchev–Trinajstić information content (AvgIpc) is 2.69. The molecule has 1 fully saturated rings. The Bertz CT molecular complexity index is 439. The van der Waals surface area contributed by atoms with Gasteiger partial charge in [0.2, 0.25) is 5.91 Å². The number of benzene rings is 1. The van der Waals surface area contributed by atoms with Gasteiger partial charge in [-0.05, 0) is 50.2 Å². The van der Waals surface area contributed by atoms with E-state index in [1.165, 1.54) is 17.5 Å². The molecular formula is C16H23NO. The topological polar surface area (TPSA) is 29.1 Å². The van der Waals surface area contributed by atoms with Crippen molar-refractivity contribution in [3.05, 3.63) is 34.9 Å². The Hall–Kier alpha value is -1.31. The summed E-state index contributed by atoms with van der Waals surface area (Å²) in [6.45, 7) is 6.40. The number of amides is 1. The maximum Gasteiger partial charge on any atom is 0.224 e. The Morgan fingerprint density at radius 3 is 2.78 bits per heavy atom. The average molecular weight is 245 g/mol. The van der Waals surface area contributed by atoms with Crippen LogP contribution in [0, 0.1) is 19.8 Å². The van der Waals surface area contributed by atoms with Crippen LogP contribution in [0.4, 0.5) is 0 Å². The number of rotatable bonds is 3. The lowest BCUT2D eigenvalue weighted by atomic mass is 10.0. The van der Waals surface area contributed by atoms with Gasteiger partial charge >= 0.3 is 0 Å². The highest BCUT2D eigenvalue weighted by molar-refractivity contribution is 5.79. The zero-order valence-electron chi connectivity index (χ0n) is 11.6. The molecule has 0 aromatic heterocycles. The SMILES string of the molecule is Cc1ccc(C)c(CC(=O)NC2CCC(C)C2)c1. The summed E-state index contributed by atoms with van der Waals surface area (Å²) >= 11 is 0. The zero-order valence-corrected chi connectivity index (χ0v) is 11.6. The predicted molar refractivity (Wildman–Crippen MR) is 74.6 cm³/mol. The van der Waals surface area contributed by atoms with E-state index in [0.29, 0.717) is 12.5 Å². The molecule has 18 heavy (non-hydrogen) atoms. The molecule has 98 valence electrons. The molecule has 2 atom stereocenters. The molecule has 2 unspecified atom stereocenters. The van der Waals surface area contributed by atoms with Gasteiger partial charge in [0.25, 0.3) is 0 Å². The van der Waals surface area contributed by atoms with Crippen molar-refractivity contribution in [1.82, 2.24) is 5.32 Å². The van der Waals surface area contributed by atoms with E-state index in [0.717, 1.165) is 24.3 Å². The van der Waals surface area contributed by atoms with Gasteiger partial charge in [0.15, 0.2) is 0 Å². The van der Waals surface area contributed by atoms with Crippen molar-refractivity contribution in [1.29, 1.82) is 0 Å². The van der Waals surface area contributed by atoms with Crippen LogP contribution in [0.5, 0.6) is 0 Å². The largest absolute Gasteiger partial charge is 0.353 e. The first-order chi connectivity index (χ1) is 8.54. The highest BCUT2D eigenvalue weighted by Gasteiger charge is 2.22. The van der Waals surface area contributed by atoms with Crippen LogP contribution in [-0.2, 0) is 11.2 Å². The molecule has 0 radical (unpaired) electrons. The summed E-state index contributed by atoms with van der Waals surface area (Å²) in [5.74, 6) is 0.929. The van der Waals surface area contributed by atoms with Gasteiger partial charge in [-0.3, -0.25) is 4.79 Å². The monoisotopic (exact) mass is 245 g/mol. The summed E-state index contributed by atoms with van der Waals surface area (Å²) < 4.78 is 0. The number of nitrogens with one attached hydrogen (secondary N) is 1. The third-order valence-electron chi connectivity index (χ3n) is 3.92. The van der Waals surface area contributed by atoms with Gasteiger partial charge in [0.05, 0.1) is 6.42 Å². The quantitative estimate of drug-likeness (QED) is 0.871. The molecule has 1 aliphatic rings. The molecule has 1 aliphatic carbocycles. The highest BCUT2D eigenvalue weighted by atomic mass is 16.1. The Kier molecular flexibility index (Phi) is 4.05. The van der Waals surface area contributed by atoms with E-state index in [9.17, 15) is 4.79 Å². The minimum absolute atomic E-state index is 0.169. The van der Waals surface area contributed by atoms with Crippen molar-refractivity contribution in [3.63, 3.8) is 0 Å². The van der Waals surface area contributed by atoms with Crippen molar-refractivity contribution in [2.45, 2.75) is 52.5 Å². The van der Waals surface area contributed by atoms with Crippen molar-refractivity contribution in [3.8, 4) is 0 Å². The second-order valence-electron chi connectivity index (χ2n) is 5.79. The van der Waals surface area contributed by atoms with Crippen molar-refractivity contribution >= 4 is 5.91 Å². The number of aryl methyl sites for hydroxylation is 2. The van der Waals surface area contributed by atoms with Gasteiger partial charge < -0.3 is 5.32 Å². The molecular weight excluding hydrogens is 222 g/mol. The standard InChI is InChI=1S/C16H23NO/c1-11-4-6-13(3)14(8-11)10-16(18)17-15-7-5-12(2)9-15/h4,6,8,12,15H,5,7,9-10H2,1-3H3,(H,17,18). The number of hydrogen-bond donors (Lipinski definition) is 1. The van der Waals surface area contributed by atoms with E-state index in [4.69, 9.17) is 0 Å². The summed E-state index contributed by atoms with van der Waals surface area (Å²) in [7, 11) is 0. The summed E-state index contributed by atoms with van der Waals surface area (Å²) in [4.78, 5) is 12.0. The lowest BCUT2D eigenvalue weighted by Gasteiger charge is -2.13. The lowest BCUT2D eigenvalue weighted by Crippen LogP contribution is -2.34. The first-order valence-electron chi connectivity index (χ1n) is 6.90. The van der Waals surface area contributed by atoms with Gasteiger partial charge in [0, 0.05) is 6.04 Å². The third-order valence-corrected chi connectivity index (χ3v) is 3.92. The van der Waals surface area contributed by atoms with Gasteiger partial charge in [-0.1, -0.05) is 30.7 Å². The summed E-state index contributed by atoms with van der Waals surface area (Å²) in [5, 5.41) is 3.17. The fraction of sp³-hybridized carbons (Fsp3) is 0.562. The van der Waals surface area contributed by atoms with Crippen LogP contribution in [0.2, 0.25) is 0 Å². The minimum atomic E-state index is 0.169. The normalized spacial score (nSPS) is 23.1. The van der Waals surface area contributed by atoms with E-state index >= 15 is 0 Å². The van der Waals surface area contributed by atoms with Gasteiger partial charge in [-0.25, -0.2) is 0 Å². The van der Waals surface area contributed by atoms with Crippen LogP contribution in [0.25, 0.3) is 0 Å². The number of carbonyl (C=O) groups excluding carboxylic acids is 1. The molecule has 0 bridgehead atoms.